The monoisotopic (exact) mass is 487 g/mol. The first-order chi connectivity index (χ1) is 15.5. The normalized spacial score (nSPS) is 23.7. The Hall–Kier alpha value is -3.00. The highest BCUT2D eigenvalue weighted by molar-refractivity contribution is 7.52. The van der Waals surface area contributed by atoms with Crippen molar-refractivity contribution >= 4 is 13.7 Å². The second-order valence-corrected chi connectivity index (χ2v) is 8.71. The molecule has 14 nitrogen and oxygen atoms in total. The molecule has 1 saturated heterocycles. The third kappa shape index (κ3) is 5.68. The molecule has 0 aliphatic carbocycles. The number of ether oxygens (including phenoxy) is 3. The van der Waals surface area contributed by atoms with E-state index in [0.29, 0.717) is 5.75 Å². The van der Waals surface area contributed by atoms with Gasteiger partial charge in [-0.3, -0.25) is 18.9 Å². The molecule has 33 heavy (non-hydrogen) atoms. The number of benzene rings is 1. The van der Waals surface area contributed by atoms with Crippen LogP contribution in [0.3, 0.4) is 0 Å². The number of amides is 1. The van der Waals surface area contributed by atoms with E-state index in [1.165, 1.54) is 31.4 Å². The van der Waals surface area contributed by atoms with Gasteiger partial charge < -0.3 is 39.5 Å². The second kappa shape index (κ2) is 9.87. The molecule has 2 aromatic rings. The molecule has 6 N–H and O–H groups in total. The van der Waals surface area contributed by atoms with E-state index >= 15 is 0 Å². The number of H-pyrrole nitrogens is 1. The van der Waals surface area contributed by atoms with E-state index in [4.69, 9.17) is 14.2 Å². The number of carbonyl (C=O) groups is 1. The molecule has 0 saturated carbocycles. The van der Waals surface area contributed by atoms with Crippen LogP contribution in [0.2, 0.25) is 0 Å². The van der Waals surface area contributed by atoms with Gasteiger partial charge in [-0.2, -0.15) is 0 Å². The number of aromatic nitrogens is 2. The lowest BCUT2D eigenvalue weighted by molar-refractivity contribution is -0.0391. The average Bonchev–Trinajstić information content (AvgIpc) is 3.04. The summed E-state index contributed by atoms with van der Waals surface area (Å²) in [6, 6.07) is 6.53. The molecule has 15 heteroatoms. The topological polar surface area (TPSA) is 210 Å². The van der Waals surface area contributed by atoms with Crippen LogP contribution in [-0.4, -0.2) is 67.6 Å². The third-order valence-corrected chi connectivity index (χ3v) is 5.85. The van der Waals surface area contributed by atoms with Crippen LogP contribution >= 0.6 is 7.60 Å². The molecular formula is C18H22N3O11P. The van der Waals surface area contributed by atoms with Crippen molar-refractivity contribution in [1.82, 2.24) is 14.9 Å². The molecule has 0 bridgehead atoms. The van der Waals surface area contributed by atoms with Gasteiger partial charge >= 0.3 is 19.4 Å². The Labute approximate surface area is 185 Å². The number of methoxy groups -OCH3 is 1. The number of nitrogens with one attached hydrogen (secondary N) is 2. The van der Waals surface area contributed by atoms with Crippen molar-refractivity contribution in [3.63, 3.8) is 0 Å². The van der Waals surface area contributed by atoms with Crippen LogP contribution in [0.4, 0.5) is 4.79 Å². The van der Waals surface area contributed by atoms with Gasteiger partial charge in [0.1, 0.15) is 24.1 Å². The number of carbonyl (C=O) groups excluding carboxylic acids is 1. The van der Waals surface area contributed by atoms with Gasteiger partial charge in [0.15, 0.2) is 6.23 Å². The van der Waals surface area contributed by atoms with Crippen molar-refractivity contribution in [2.75, 3.05) is 13.7 Å². The van der Waals surface area contributed by atoms with Crippen molar-refractivity contribution in [2.45, 2.75) is 30.4 Å². The van der Waals surface area contributed by atoms with Gasteiger partial charge in [0.2, 0.25) is 5.85 Å². The summed E-state index contributed by atoms with van der Waals surface area (Å²) in [5.74, 6) is -1.48. The first-order valence-corrected chi connectivity index (χ1v) is 11.2. The molecule has 1 aliphatic rings. The number of hydrogen-bond donors (Lipinski definition) is 6. The highest BCUT2D eigenvalue weighted by atomic mass is 31.2. The van der Waals surface area contributed by atoms with Gasteiger partial charge in [0.25, 0.3) is 5.56 Å². The van der Waals surface area contributed by atoms with E-state index in [2.05, 4.69) is 5.32 Å². The summed E-state index contributed by atoms with van der Waals surface area (Å²) >= 11 is 0. The molecule has 5 atom stereocenters. The summed E-state index contributed by atoms with van der Waals surface area (Å²) in [5, 5.41) is 22.6. The molecule has 1 fully saturated rings. The number of nitrogens with zero attached hydrogens (tertiary/aromatic N) is 1. The molecule has 1 amide bonds. The summed E-state index contributed by atoms with van der Waals surface area (Å²) in [4.78, 5) is 56.4. The zero-order valence-electron chi connectivity index (χ0n) is 17.1. The van der Waals surface area contributed by atoms with Gasteiger partial charge in [0.05, 0.1) is 7.11 Å². The Morgan fingerprint density at radius 1 is 1.21 bits per heavy atom. The molecule has 1 unspecified atom stereocenters. The van der Waals surface area contributed by atoms with Crippen LogP contribution in [0.25, 0.3) is 0 Å². The first-order valence-electron chi connectivity index (χ1n) is 9.48. The maximum atomic E-state index is 12.2. The van der Waals surface area contributed by atoms with Crippen LogP contribution in [-0.2, 0) is 14.0 Å². The van der Waals surface area contributed by atoms with Crippen molar-refractivity contribution < 1.29 is 43.6 Å². The first kappa shape index (κ1) is 24.6. The van der Waals surface area contributed by atoms with E-state index in [-0.39, 0.29) is 5.56 Å². The fourth-order valence-electron chi connectivity index (χ4n) is 3.18. The quantitative estimate of drug-likeness (QED) is 0.255. The Bertz CT molecular complexity index is 1140. The Kier molecular flexibility index (Phi) is 7.37. The van der Waals surface area contributed by atoms with Gasteiger partial charge in [-0.1, -0.05) is 12.1 Å². The molecule has 1 aromatic heterocycles. The summed E-state index contributed by atoms with van der Waals surface area (Å²) in [6.07, 6.45) is -5.81. The minimum atomic E-state index is -4.92. The van der Waals surface area contributed by atoms with Crippen molar-refractivity contribution in [1.29, 1.82) is 0 Å². The van der Waals surface area contributed by atoms with E-state index in [1.54, 1.807) is 0 Å². The van der Waals surface area contributed by atoms with Crippen molar-refractivity contribution in [3.8, 4) is 5.75 Å². The standard InChI is InChI=1S/C18H22N3O11P/c1-30-10-4-2-9(3-5-10)16(33(27,28)29)32-18(26)19-8-11-13(23)14(24)15(31-11)21-7-6-12(22)20-17(21)25/h2-7,11,13-16,23-24H,8H2,1H3,(H,19,26)(H,20,22,25)(H2,27,28,29)/t11-,13-,14-,15-,16?/m1/s1. The Balaban J connectivity index is 1.65. The Morgan fingerprint density at radius 3 is 2.45 bits per heavy atom. The highest BCUT2D eigenvalue weighted by Gasteiger charge is 2.44. The van der Waals surface area contributed by atoms with Crippen LogP contribution in [0.5, 0.6) is 5.75 Å². The maximum absolute atomic E-state index is 12.2. The summed E-state index contributed by atoms with van der Waals surface area (Å²) in [6.45, 7) is -0.428. The number of aromatic amines is 1. The number of rotatable bonds is 7. The van der Waals surface area contributed by atoms with E-state index in [0.717, 1.165) is 16.8 Å². The van der Waals surface area contributed by atoms with Gasteiger partial charge in [-0.05, 0) is 12.1 Å². The van der Waals surface area contributed by atoms with Gasteiger partial charge in [-0.15, -0.1) is 0 Å². The molecule has 2 heterocycles. The fourth-order valence-corrected chi connectivity index (χ4v) is 3.98. The smallest absolute Gasteiger partial charge is 0.408 e. The SMILES string of the molecule is COc1ccc(C(OC(=O)NC[C@H]2O[C@@H](n3ccc(=O)[nH]c3=O)[C@H](O)[C@@H]2O)P(=O)(O)O)cc1. The molecule has 0 spiro atoms. The lowest BCUT2D eigenvalue weighted by atomic mass is 10.1. The minimum Gasteiger partial charge on any atom is -0.497 e. The molecular weight excluding hydrogens is 465 g/mol. The van der Waals surface area contributed by atoms with Crippen LogP contribution in [0.15, 0.2) is 46.1 Å². The van der Waals surface area contributed by atoms with Crippen molar-refractivity contribution in [3.05, 3.63) is 62.9 Å². The van der Waals surface area contributed by atoms with Crippen molar-refractivity contribution in [2.24, 2.45) is 0 Å². The molecule has 0 radical (unpaired) electrons. The third-order valence-electron chi connectivity index (χ3n) is 4.84. The van der Waals surface area contributed by atoms with Crippen LogP contribution < -0.4 is 21.3 Å². The highest BCUT2D eigenvalue weighted by Crippen LogP contribution is 2.52. The maximum Gasteiger partial charge on any atom is 0.408 e. The lowest BCUT2D eigenvalue weighted by Crippen LogP contribution is -2.40. The predicted molar refractivity (Wildman–Crippen MR) is 110 cm³/mol. The fraction of sp³-hybridized carbons (Fsp3) is 0.389. The number of hydrogen-bond acceptors (Lipinski definition) is 9. The van der Waals surface area contributed by atoms with Crippen LogP contribution in [0.1, 0.15) is 17.6 Å². The average molecular weight is 487 g/mol. The predicted octanol–water partition coefficient (Wildman–Crippen LogP) is -1.23. The zero-order chi connectivity index (χ0) is 24.3. The summed E-state index contributed by atoms with van der Waals surface area (Å²) in [5.41, 5.74) is -1.53. The molecule has 3 rings (SSSR count). The molecule has 1 aliphatic heterocycles. The molecule has 180 valence electrons. The van der Waals surface area contributed by atoms with Crippen LogP contribution in [0, 0.1) is 0 Å². The number of aliphatic hydroxyl groups is 2. The second-order valence-electron chi connectivity index (χ2n) is 7.06. The molecule has 1 aromatic carbocycles. The zero-order valence-corrected chi connectivity index (χ0v) is 18.0. The lowest BCUT2D eigenvalue weighted by Gasteiger charge is -2.21. The van der Waals surface area contributed by atoms with E-state index in [1.807, 2.05) is 4.98 Å². The van der Waals surface area contributed by atoms with E-state index < -0.39 is 61.9 Å². The number of alkyl carbamates (subject to hydrolysis) is 1. The summed E-state index contributed by atoms with van der Waals surface area (Å²) in [7, 11) is -3.51. The van der Waals surface area contributed by atoms with Gasteiger partial charge in [-0.25, -0.2) is 9.59 Å². The Morgan fingerprint density at radius 2 is 1.88 bits per heavy atom. The summed E-state index contributed by atoms with van der Waals surface area (Å²) < 4.78 is 28.0. The number of aliphatic hydroxyl groups excluding tert-OH is 2. The largest absolute Gasteiger partial charge is 0.497 e. The van der Waals surface area contributed by atoms with E-state index in [9.17, 15) is 38.9 Å². The van der Waals surface area contributed by atoms with Gasteiger partial charge in [0, 0.05) is 24.4 Å². The minimum absolute atomic E-state index is 0.0179.